The van der Waals surface area contributed by atoms with E-state index in [9.17, 15) is 111 Å². The number of ether oxygens (including phenoxy) is 11. The summed E-state index contributed by atoms with van der Waals surface area (Å²) >= 11 is 0. The van der Waals surface area contributed by atoms with Gasteiger partial charge in [-0.05, 0) is 12.8 Å². The van der Waals surface area contributed by atoms with Crippen LogP contribution in [-0.2, 0) is 66.5 Å². The standard InChI is InChI=1S/C76H140N2O33/c1-5-7-9-11-13-15-17-18-19-20-21-22-23-24-25-26-28-30-32-34-36-47(86)70(99)78-45(55(89)46(85)35-33-31-29-27-16-14-12-10-8-6-2)43-102-71-61(95)60(94)66(53(42-83)106-71)108-74-64(98)69(58(92)52(41-82)105-74)111-76(75(100)101-4)37-50(54(77-44(3)84)67(110-76)56(90)48(87)38-79)103-73-63(97)68(57(91)51(40-81)104-73)109-72-62(96)59(93)65(107-72)49(88)39-80/h45-69,71-74,79-83,85-98H,5-43H2,1-4H3,(H,77,84)(H,78,99)/t45-,46+,47+,48+,49-,50-,51+,52+,53+,54+,55-,56+,57-,58-,59+,60+,61+,62+,63+,64+,65-,66+,67+,68-,69-,71+,72-,73-,74-,76-/m0/s1. The molecule has 5 aliphatic rings. The molecule has 35 nitrogen and oxygen atoms in total. The molecule has 0 spiro atoms. The van der Waals surface area contributed by atoms with Crippen LogP contribution < -0.4 is 10.6 Å². The molecule has 0 saturated carbocycles. The van der Waals surface area contributed by atoms with Gasteiger partial charge in [-0.25, -0.2) is 4.79 Å². The predicted octanol–water partition coefficient (Wildman–Crippen LogP) is -1.37. The lowest BCUT2D eigenvalue weighted by molar-refractivity contribution is -0.393. The number of aliphatic hydroxyl groups excluding tert-OH is 19. The van der Waals surface area contributed by atoms with Gasteiger partial charge >= 0.3 is 5.97 Å². The number of amides is 2. The van der Waals surface area contributed by atoms with E-state index in [4.69, 9.17) is 52.1 Å². The van der Waals surface area contributed by atoms with E-state index in [-0.39, 0.29) is 12.8 Å². The van der Waals surface area contributed by atoms with E-state index in [0.717, 1.165) is 91.1 Å². The van der Waals surface area contributed by atoms with E-state index >= 15 is 0 Å². The first-order valence-corrected chi connectivity index (χ1v) is 41.0. The van der Waals surface area contributed by atoms with Crippen molar-refractivity contribution in [3.63, 3.8) is 0 Å². The van der Waals surface area contributed by atoms with E-state index in [2.05, 4.69) is 24.5 Å². The topological polar surface area (TPSA) is 561 Å². The monoisotopic (exact) mass is 1610 g/mol. The molecule has 0 radical (unpaired) electrons. The zero-order valence-electron chi connectivity index (χ0n) is 65.5. The summed E-state index contributed by atoms with van der Waals surface area (Å²) in [7, 11) is 0.794. The number of carbonyl (C=O) groups excluding carboxylic acids is 3. The predicted molar refractivity (Wildman–Crippen MR) is 392 cm³/mol. The molecule has 5 saturated heterocycles. The second-order valence-corrected chi connectivity index (χ2v) is 30.8. The smallest absolute Gasteiger partial charge is 0.366 e. The zero-order chi connectivity index (χ0) is 81.7. The van der Waals surface area contributed by atoms with Gasteiger partial charge in [0.05, 0.1) is 71.0 Å². The minimum absolute atomic E-state index is 0.0928. The molecule has 5 heterocycles. The summed E-state index contributed by atoms with van der Waals surface area (Å²) in [5.74, 6) is -6.60. The third kappa shape index (κ3) is 30.5. The van der Waals surface area contributed by atoms with Gasteiger partial charge in [-0.1, -0.05) is 206 Å². The Labute approximate surface area is 652 Å². The van der Waals surface area contributed by atoms with Crippen molar-refractivity contribution in [2.75, 3.05) is 46.8 Å². The molecule has 30 atom stereocenters. The second-order valence-electron chi connectivity index (χ2n) is 30.8. The first-order chi connectivity index (χ1) is 53.2. The summed E-state index contributed by atoms with van der Waals surface area (Å²) in [6.45, 7) is -0.764. The molecule has 0 bridgehead atoms. The van der Waals surface area contributed by atoms with Gasteiger partial charge in [0.15, 0.2) is 25.2 Å². The Bertz CT molecular complexity index is 2490. The lowest BCUT2D eigenvalue weighted by Gasteiger charge is -2.52. The van der Waals surface area contributed by atoms with Crippen LogP contribution in [-0.4, -0.2) is 345 Å². The third-order valence-electron chi connectivity index (χ3n) is 21.9. The molecule has 5 fully saturated rings. The Morgan fingerprint density at radius 3 is 1.36 bits per heavy atom. The summed E-state index contributed by atoms with van der Waals surface area (Å²) in [6, 6.07) is -3.31. The molecule has 652 valence electrons. The third-order valence-corrected chi connectivity index (χ3v) is 21.9. The fourth-order valence-corrected chi connectivity index (χ4v) is 15.1. The lowest BCUT2D eigenvalue weighted by Crippen LogP contribution is -2.72. The molecular weight excluding hydrogens is 1470 g/mol. The number of esters is 1. The normalized spacial score (nSPS) is 33.9. The van der Waals surface area contributed by atoms with Gasteiger partial charge in [0.25, 0.3) is 5.79 Å². The van der Waals surface area contributed by atoms with Crippen molar-refractivity contribution in [2.24, 2.45) is 0 Å². The number of carbonyl (C=O) groups is 3. The Hall–Kier alpha value is -2.75. The summed E-state index contributed by atoms with van der Waals surface area (Å²) in [5, 5.41) is 216. The zero-order valence-corrected chi connectivity index (χ0v) is 65.5. The first-order valence-electron chi connectivity index (χ1n) is 41.0. The van der Waals surface area contributed by atoms with Crippen molar-refractivity contribution in [1.82, 2.24) is 10.6 Å². The SMILES string of the molecule is CCCCCCCCCCCCCCCCCCCCCC[C@@H](O)C(=O)N[C@@H](CO[C@@H]1O[C@H](CO)[C@@H](O[C@@H]2O[C@H](CO)[C@H](O)[C@H](O[C@]3(C(=O)OC)C[C@H](O[C@H]4O[C@H](CO)[C@H](O)[C@H](O[C@@H]5O[C@@H]([C@@H](O)CO)[C@H](O)[C@H]5O)[C@H]4O)[C@@H](NC(C)=O)[C@H]([C@H](O)[C@H](O)CO)O3)[C@H]2O)[C@H](O)[C@H]1O)[C@H](O)[C@H](O)CCCCCCCCCCCC. The van der Waals surface area contributed by atoms with Crippen LogP contribution in [0.15, 0.2) is 0 Å². The van der Waals surface area contributed by atoms with Crippen LogP contribution in [0.1, 0.15) is 233 Å². The molecule has 0 unspecified atom stereocenters. The summed E-state index contributed by atoms with van der Waals surface area (Å²) < 4.78 is 64.2. The highest BCUT2D eigenvalue weighted by atomic mass is 16.8. The first kappa shape index (κ1) is 98.8. The maximum absolute atomic E-state index is 14.5. The highest BCUT2D eigenvalue weighted by molar-refractivity contribution is 5.81. The average Bonchev–Trinajstić information content (AvgIpc) is 1.31. The number of unbranched alkanes of at least 4 members (excludes halogenated alkanes) is 28. The fraction of sp³-hybridized carbons (Fsp3) is 0.961. The maximum atomic E-state index is 14.5. The summed E-state index contributed by atoms with van der Waals surface area (Å²) in [5.41, 5.74) is 0. The Balaban J connectivity index is 1.29. The van der Waals surface area contributed by atoms with E-state index in [0.29, 0.717) is 12.8 Å². The number of methoxy groups -OCH3 is 1. The van der Waals surface area contributed by atoms with Crippen LogP contribution >= 0.6 is 0 Å². The van der Waals surface area contributed by atoms with Gasteiger partial charge in [0.2, 0.25) is 11.8 Å². The average molecular weight is 1610 g/mol. The van der Waals surface area contributed by atoms with Crippen molar-refractivity contribution in [3.8, 4) is 0 Å². The molecular formula is C76H140N2O33. The van der Waals surface area contributed by atoms with Crippen molar-refractivity contribution in [1.29, 1.82) is 0 Å². The van der Waals surface area contributed by atoms with Crippen molar-refractivity contribution in [3.05, 3.63) is 0 Å². The van der Waals surface area contributed by atoms with Gasteiger partial charge in [0.1, 0.15) is 128 Å². The molecule has 0 aromatic carbocycles. The molecule has 5 rings (SSSR count). The van der Waals surface area contributed by atoms with Crippen LogP contribution in [0.25, 0.3) is 0 Å². The summed E-state index contributed by atoms with van der Waals surface area (Å²) in [4.78, 5) is 41.2. The molecule has 0 aromatic heterocycles. The molecule has 21 N–H and O–H groups in total. The van der Waals surface area contributed by atoms with Crippen LogP contribution in [0.4, 0.5) is 0 Å². The number of rotatable bonds is 57. The van der Waals surface area contributed by atoms with Crippen molar-refractivity contribution < 1.29 is 164 Å². The maximum Gasteiger partial charge on any atom is 0.366 e. The van der Waals surface area contributed by atoms with Gasteiger partial charge in [-0.3, -0.25) is 9.59 Å². The van der Waals surface area contributed by atoms with Gasteiger partial charge in [-0.2, -0.15) is 0 Å². The number of hydrogen-bond donors (Lipinski definition) is 21. The van der Waals surface area contributed by atoms with Crippen LogP contribution in [0.3, 0.4) is 0 Å². The summed E-state index contributed by atoms with van der Waals surface area (Å²) in [6.07, 6.45) is -21.3. The van der Waals surface area contributed by atoms with Crippen LogP contribution in [0.5, 0.6) is 0 Å². The Kier molecular flexibility index (Phi) is 47.1. The molecule has 2 amide bonds. The van der Waals surface area contributed by atoms with E-state index in [1.807, 2.05) is 0 Å². The van der Waals surface area contributed by atoms with E-state index in [1.165, 1.54) is 103 Å². The molecule has 35 heteroatoms. The molecule has 111 heavy (non-hydrogen) atoms. The van der Waals surface area contributed by atoms with Crippen molar-refractivity contribution in [2.45, 2.75) is 416 Å². The number of aliphatic hydroxyl groups is 19. The molecule has 0 aliphatic carbocycles. The van der Waals surface area contributed by atoms with E-state index in [1.54, 1.807) is 0 Å². The van der Waals surface area contributed by atoms with Gasteiger partial charge in [0, 0.05) is 13.3 Å². The minimum Gasteiger partial charge on any atom is -0.465 e. The minimum atomic E-state index is -3.20. The highest BCUT2D eigenvalue weighted by Gasteiger charge is 2.63. The molecule has 5 aliphatic heterocycles. The molecule has 0 aromatic rings. The second kappa shape index (κ2) is 52.9. The number of hydrogen-bond acceptors (Lipinski definition) is 33. The highest BCUT2D eigenvalue weighted by Crippen LogP contribution is 2.42. The number of nitrogens with one attached hydrogen (secondary N) is 2. The quantitative estimate of drug-likeness (QED) is 0.0247. The van der Waals surface area contributed by atoms with Gasteiger partial charge in [-0.15, -0.1) is 0 Å². The fourth-order valence-electron chi connectivity index (χ4n) is 15.1. The Morgan fingerprint density at radius 1 is 0.459 bits per heavy atom. The van der Waals surface area contributed by atoms with Crippen LogP contribution in [0, 0.1) is 0 Å². The van der Waals surface area contributed by atoms with Crippen molar-refractivity contribution >= 4 is 17.8 Å². The lowest BCUT2D eigenvalue weighted by atomic mass is 9.87. The van der Waals surface area contributed by atoms with Gasteiger partial charge < -0.3 is 160 Å². The van der Waals surface area contributed by atoms with E-state index < -0.39 is 247 Å². The Morgan fingerprint density at radius 2 is 0.892 bits per heavy atom. The van der Waals surface area contributed by atoms with Crippen LogP contribution in [0.2, 0.25) is 0 Å². The largest absolute Gasteiger partial charge is 0.465 e.